The van der Waals surface area contributed by atoms with Gasteiger partial charge in [0.05, 0.1) is 5.02 Å². The summed E-state index contributed by atoms with van der Waals surface area (Å²) in [5.74, 6) is 0.980. The Bertz CT molecular complexity index is 505. The van der Waals surface area contributed by atoms with Crippen molar-refractivity contribution in [2.45, 2.75) is 0 Å². The molecule has 1 aromatic carbocycles. The van der Waals surface area contributed by atoms with Crippen LogP contribution in [0.1, 0.15) is 0 Å². The first-order valence-corrected chi connectivity index (χ1v) is 5.18. The molecular weight excluding hydrogens is 272 g/mol. The number of ether oxygens (including phenoxy) is 1. The molecule has 0 bridgehead atoms. The fourth-order valence-electron chi connectivity index (χ4n) is 1.10. The van der Waals surface area contributed by atoms with Gasteiger partial charge in [0.2, 0.25) is 5.88 Å². The molecule has 0 radical (unpaired) electrons. The molecule has 0 aliphatic carbocycles. The summed E-state index contributed by atoms with van der Waals surface area (Å²) in [5.41, 5.74) is 0. The van der Waals surface area contributed by atoms with E-state index in [0.717, 1.165) is 0 Å². The van der Waals surface area contributed by atoms with E-state index in [1.807, 2.05) is 0 Å². The molecule has 2 rings (SSSR count). The van der Waals surface area contributed by atoms with Crippen molar-refractivity contribution in [3.63, 3.8) is 0 Å². The van der Waals surface area contributed by atoms with E-state index in [0.29, 0.717) is 15.8 Å². The van der Waals surface area contributed by atoms with Crippen LogP contribution in [0.5, 0.6) is 17.4 Å². The van der Waals surface area contributed by atoms with E-state index in [2.05, 4.69) is 4.98 Å². The van der Waals surface area contributed by atoms with Crippen LogP contribution in [0.2, 0.25) is 10.0 Å². The first-order valence-electron chi connectivity index (χ1n) is 4.43. The van der Waals surface area contributed by atoms with E-state index < -0.39 is 0 Å². The molecule has 0 aliphatic heterocycles. The van der Waals surface area contributed by atoms with Gasteiger partial charge in [-0.1, -0.05) is 23.2 Å². The molecule has 1 N–H and O–H groups in total. The van der Waals surface area contributed by atoms with Crippen LogP contribution in [0.4, 0.5) is 0 Å². The Morgan fingerprint density at radius 1 is 1.12 bits per heavy atom. The Labute approximate surface area is 131 Å². The number of nitrogens with zero attached hydrogens (tertiary/aromatic N) is 1. The summed E-state index contributed by atoms with van der Waals surface area (Å²) in [7, 11) is 0. The molecule has 6 heteroatoms. The van der Waals surface area contributed by atoms with Crippen molar-refractivity contribution >= 4 is 52.8 Å². The minimum absolute atomic E-state index is 0. The van der Waals surface area contributed by atoms with E-state index in [1.54, 1.807) is 18.2 Å². The van der Waals surface area contributed by atoms with E-state index >= 15 is 0 Å². The summed E-state index contributed by atoms with van der Waals surface area (Å²) < 4.78 is 5.41. The van der Waals surface area contributed by atoms with Crippen molar-refractivity contribution in [3.05, 3.63) is 46.6 Å². The molecule has 0 unspecified atom stereocenters. The Morgan fingerprint density at radius 3 is 2.35 bits per heavy atom. The number of phenolic OH excluding ortho intramolecular Hbond substituents is 1. The number of benzene rings is 1. The molecule has 2 aromatic rings. The first kappa shape index (κ1) is 14.6. The second-order valence-corrected chi connectivity index (χ2v) is 3.88. The van der Waals surface area contributed by atoms with Crippen molar-refractivity contribution in [2.24, 2.45) is 0 Å². The zero-order valence-electron chi connectivity index (χ0n) is 8.02. The third kappa shape index (κ3) is 4.05. The Hall–Kier alpha value is -0.450. The van der Waals surface area contributed by atoms with Crippen LogP contribution in [-0.2, 0) is 0 Å². The van der Waals surface area contributed by atoms with Gasteiger partial charge in [0, 0.05) is 6.20 Å². The molecule has 0 saturated heterocycles. The second-order valence-electron chi connectivity index (χ2n) is 3.04. The summed E-state index contributed by atoms with van der Waals surface area (Å²) in [6.07, 6.45) is 1.45. The van der Waals surface area contributed by atoms with Gasteiger partial charge >= 0.3 is 29.6 Å². The SMILES string of the molecule is Oc1ccc(Oc2ncc(Cl)cc2Cl)cc1.[NaH]. The Balaban J connectivity index is 0.00000144. The van der Waals surface area contributed by atoms with Gasteiger partial charge in [0.15, 0.2) is 0 Å². The van der Waals surface area contributed by atoms with Gasteiger partial charge in [0.1, 0.15) is 16.5 Å². The average Bonchev–Trinajstić information content (AvgIpc) is 2.25. The summed E-state index contributed by atoms with van der Waals surface area (Å²) in [5, 5.41) is 9.88. The predicted octanol–water partition coefficient (Wildman–Crippen LogP) is 3.24. The van der Waals surface area contributed by atoms with E-state index in [1.165, 1.54) is 18.3 Å². The van der Waals surface area contributed by atoms with Gasteiger partial charge in [0.25, 0.3) is 0 Å². The van der Waals surface area contributed by atoms with Crippen molar-refractivity contribution in [3.8, 4) is 17.4 Å². The molecule has 84 valence electrons. The van der Waals surface area contributed by atoms with E-state index in [9.17, 15) is 0 Å². The van der Waals surface area contributed by atoms with Crippen molar-refractivity contribution in [1.82, 2.24) is 4.98 Å². The predicted molar refractivity (Wildman–Crippen MR) is 69.6 cm³/mol. The Kier molecular flexibility index (Phi) is 5.56. The maximum atomic E-state index is 9.10. The number of aromatic nitrogens is 1. The third-order valence-corrected chi connectivity index (χ3v) is 2.30. The molecule has 0 fully saturated rings. The molecule has 0 saturated carbocycles. The molecule has 1 heterocycles. The summed E-state index contributed by atoms with van der Waals surface area (Å²) in [4.78, 5) is 3.95. The van der Waals surface area contributed by atoms with E-state index in [-0.39, 0.29) is 41.2 Å². The number of phenols is 1. The summed E-state index contributed by atoms with van der Waals surface area (Å²) in [6, 6.07) is 7.80. The van der Waals surface area contributed by atoms with Gasteiger partial charge in [-0.15, -0.1) is 0 Å². The Morgan fingerprint density at radius 2 is 1.76 bits per heavy atom. The average molecular weight is 280 g/mol. The van der Waals surface area contributed by atoms with Crippen LogP contribution in [0.25, 0.3) is 0 Å². The number of halogens is 2. The van der Waals surface area contributed by atoms with Gasteiger partial charge in [-0.05, 0) is 30.3 Å². The van der Waals surface area contributed by atoms with Crippen LogP contribution in [0.3, 0.4) is 0 Å². The maximum absolute atomic E-state index is 9.10. The van der Waals surface area contributed by atoms with Gasteiger partial charge in [-0.2, -0.15) is 0 Å². The van der Waals surface area contributed by atoms with Crippen molar-refractivity contribution in [1.29, 1.82) is 0 Å². The fourth-order valence-corrected chi connectivity index (χ4v) is 1.52. The molecule has 1 aromatic heterocycles. The van der Waals surface area contributed by atoms with Crippen molar-refractivity contribution < 1.29 is 9.84 Å². The van der Waals surface area contributed by atoms with Crippen molar-refractivity contribution in [2.75, 3.05) is 0 Å². The number of aromatic hydroxyl groups is 1. The number of hydrogen-bond donors (Lipinski definition) is 1. The topological polar surface area (TPSA) is 42.4 Å². The number of pyridine rings is 1. The second kappa shape index (κ2) is 6.47. The molecule has 0 atom stereocenters. The first-order chi connectivity index (χ1) is 7.65. The third-order valence-electron chi connectivity index (χ3n) is 1.83. The van der Waals surface area contributed by atoms with Gasteiger partial charge in [-0.3, -0.25) is 0 Å². The normalized spacial score (nSPS) is 9.53. The van der Waals surface area contributed by atoms with Gasteiger partial charge in [-0.25, -0.2) is 4.98 Å². The number of rotatable bonds is 2. The number of hydrogen-bond acceptors (Lipinski definition) is 3. The molecular formula is C11H8Cl2NNaO2. The summed E-state index contributed by atoms with van der Waals surface area (Å²) in [6.45, 7) is 0. The molecule has 0 spiro atoms. The quantitative estimate of drug-likeness (QED) is 0.859. The van der Waals surface area contributed by atoms with Crippen LogP contribution in [0.15, 0.2) is 36.5 Å². The summed E-state index contributed by atoms with van der Waals surface area (Å²) >= 11 is 11.6. The molecule has 3 nitrogen and oxygen atoms in total. The van der Waals surface area contributed by atoms with Crippen LogP contribution in [0, 0.1) is 0 Å². The fraction of sp³-hybridized carbons (Fsp3) is 0. The minimum atomic E-state index is 0. The van der Waals surface area contributed by atoms with Crippen LogP contribution in [-0.4, -0.2) is 39.6 Å². The zero-order chi connectivity index (χ0) is 11.5. The van der Waals surface area contributed by atoms with E-state index in [4.69, 9.17) is 33.0 Å². The zero-order valence-corrected chi connectivity index (χ0v) is 9.53. The monoisotopic (exact) mass is 279 g/mol. The van der Waals surface area contributed by atoms with Crippen LogP contribution >= 0.6 is 23.2 Å². The van der Waals surface area contributed by atoms with Crippen LogP contribution < -0.4 is 4.74 Å². The van der Waals surface area contributed by atoms with Gasteiger partial charge < -0.3 is 9.84 Å². The standard InChI is InChI=1S/C11H7Cl2NO2.Na.H/c12-7-5-10(13)11(14-6-7)16-9-3-1-8(15)2-4-9;;/h1-6,15H;;. The molecule has 0 amide bonds. The molecule has 0 aliphatic rings. The molecule has 17 heavy (non-hydrogen) atoms.